The maximum Gasteiger partial charge on any atom is 0.159 e. The van der Waals surface area contributed by atoms with Gasteiger partial charge in [0.25, 0.3) is 0 Å². The third-order valence-corrected chi connectivity index (χ3v) is 5.11. The Morgan fingerprint density at radius 2 is 1.76 bits per heavy atom. The van der Waals surface area contributed by atoms with Crippen LogP contribution in [0.3, 0.4) is 0 Å². The summed E-state index contributed by atoms with van der Waals surface area (Å²) in [7, 11) is 0. The van der Waals surface area contributed by atoms with Gasteiger partial charge in [-0.3, -0.25) is 0 Å². The first-order chi connectivity index (χ1) is 12.2. The maximum absolute atomic E-state index is 13.3. The number of hydrogen-bond donors (Lipinski definition) is 0. The number of aryl methyl sites for hydroxylation is 1. The van der Waals surface area contributed by atoms with Crippen molar-refractivity contribution in [3.05, 3.63) is 59.4 Å². The van der Waals surface area contributed by atoms with Crippen LogP contribution in [0.2, 0.25) is 0 Å². The topological polar surface area (TPSA) is 25.8 Å². The lowest BCUT2D eigenvalue weighted by Crippen LogP contribution is -2.13. The van der Waals surface area contributed by atoms with Crippen LogP contribution in [0.1, 0.15) is 37.7 Å². The molecule has 0 amide bonds. The average molecular weight is 363 g/mol. The highest BCUT2D eigenvalue weighted by molar-refractivity contribution is 6.25. The minimum Gasteiger partial charge on any atom is -0.236 e. The van der Waals surface area contributed by atoms with Crippen LogP contribution in [-0.4, -0.2) is 9.97 Å². The number of rotatable bonds is 5. The molecule has 132 valence electrons. The van der Waals surface area contributed by atoms with Gasteiger partial charge in [-0.1, -0.05) is 17.7 Å². The van der Waals surface area contributed by atoms with Crippen molar-refractivity contribution >= 4 is 11.6 Å². The van der Waals surface area contributed by atoms with Gasteiger partial charge in [-0.05, 0) is 74.1 Å². The molecule has 2 aromatic rings. The zero-order valence-electron chi connectivity index (χ0n) is 14.0. The summed E-state index contributed by atoms with van der Waals surface area (Å²) in [6.07, 6.45) is 12.6. The lowest BCUT2D eigenvalue weighted by molar-refractivity contribution is 0.296. The Kier molecular flexibility index (Phi) is 6.14. The standard InChI is InChI=1S/C20H21ClF2N2/c21-10-9-15-3-1-14(2-4-15)5-6-16-12-24-20(25-13-16)17-7-8-18(22)19(23)11-17/h7-15H,1-6H2. The second kappa shape index (κ2) is 8.52. The molecular weight excluding hydrogens is 342 g/mol. The van der Waals surface area contributed by atoms with E-state index in [1.54, 1.807) is 17.9 Å². The Balaban J connectivity index is 1.54. The molecule has 1 fully saturated rings. The molecule has 1 aliphatic rings. The molecule has 0 N–H and O–H groups in total. The van der Waals surface area contributed by atoms with Crippen molar-refractivity contribution < 1.29 is 8.78 Å². The van der Waals surface area contributed by atoms with Gasteiger partial charge in [-0.15, -0.1) is 0 Å². The largest absolute Gasteiger partial charge is 0.236 e. The summed E-state index contributed by atoms with van der Waals surface area (Å²) in [6, 6.07) is 3.71. The molecule has 0 aliphatic heterocycles. The molecule has 0 unspecified atom stereocenters. The van der Waals surface area contributed by atoms with Gasteiger partial charge in [0.2, 0.25) is 0 Å². The molecule has 0 bridgehead atoms. The summed E-state index contributed by atoms with van der Waals surface area (Å²) < 4.78 is 26.3. The molecule has 1 heterocycles. The Morgan fingerprint density at radius 1 is 1.04 bits per heavy atom. The van der Waals surface area contributed by atoms with E-state index in [9.17, 15) is 8.78 Å². The van der Waals surface area contributed by atoms with Crippen molar-refractivity contribution in [2.75, 3.05) is 0 Å². The number of allylic oxidation sites excluding steroid dienone is 1. The second-order valence-electron chi connectivity index (χ2n) is 6.68. The van der Waals surface area contributed by atoms with Crippen LogP contribution in [-0.2, 0) is 6.42 Å². The van der Waals surface area contributed by atoms with Crippen LogP contribution >= 0.6 is 11.6 Å². The molecule has 0 saturated heterocycles. The fraction of sp³-hybridized carbons (Fsp3) is 0.400. The minimum absolute atomic E-state index is 0.413. The van der Waals surface area contributed by atoms with Gasteiger partial charge in [0, 0.05) is 23.5 Å². The van der Waals surface area contributed by atoms with Gasteiger partial charge < -0.3 is 0 Å². The molecule has 3 rings (SSSR count). The van der Waals surface area contributed by atoms with Crippen molar-refractivity contribution in [2.45, 2.75) is 38.5 Å². The predicted molar refractivity (Wildman–Crippen MR) is 96.1 cm³/mol. The number of hydrogen-bond acceptors (Lipinski definition) is 2. The van der Waals surface area contributed by atoms with Crippen LogP contribution in [0.25, 0.3) is 11.4 Å². The Bertz CT molecular complexity index is 723. The van der Waals surface area contributed by atoms with E-state index in [1.807, 2.05) is 0 Å². The second-order valence-corrected chi connectivity index (χ2v) is 6.93. The van der Waals surface area contributed by atoms with E-state index in [0.717, 1.165) is 36.5 Å². The van der Waals surface area contributed by atoms with Gasteiger partial charge in [0.1, 0.15) is 0 Å². The smallest absolute Gasteiger partial charge is 0.159 e. The van der Waals surface area contributed by atoms with Gasteiger partial charge in [0.05, 0.1) is 0 Å². The molecular formula is C20H21ClF2N2. The van der Waals surface area contributed by atoms with E-state index >= 15 is 0 Å². The lowest BCUT2D eigenvalue weighted by Gasteiger charge is -2.26. The first kappa shape index (κ1) is 18.0. The molecule has 2 nitrogen and oxygen atoms in total. The van der Waals surface area contributed by atoms with E-state index in [2.05, 4.69) is 16.0 Å². The molecule has 0 atom stereocenters. The van der Waals surface area contributed by atoms with Gasteiger partial charge in [0.15, 0.2) is 17.5 Å². The monoisotopic (exact) mass is 362 g/mol. The summed E-state index contributed by atoms with van der Waals surface area (Å²) >= 11 is 5.65. The summed E-state index contributed by atoms with van der Waals surface area (Å²) in [4.78, 5) is 8.59. The molecule has 1 saturated carbocycles. The summed E-state index contributed by atoms with van der Waals surface area (Å²) in [5, 5.41) is 0. The molecule has 1 aromatic carbocycles. The quantitative estimate of drug-likeness (QED) is 0.660. The van der Waals surface area contributed by atoms with E-state index in [4.69, 9.17) is 11.6 Å². The van der Waals surface area contributed by atoms with Gasteiger partial charge in [-0.2, -0.15) is 0 Å². The SMILES string of the molecule is Fc1ccc(-c2ncc(CCC3CCC(C=CCl)CC3)cn2)cc1F. The van der Waals surface area contributed by atoms with Crippen LogP contribution in [0.15, 0.2) is 42.2 Å². The molecule has 0 spiro atoms. The summed E-state index contributed by atoms with van der Waals surface area (Å²) in [5.41, 5.74) is 3.20. The molecule has 5 heteroatoms. The summed E-state index contributed by atoms with van der Waals surface area (Å²) in [5.74, 6) is 0.0377. The van der Waals surface area contributed by atoms with Crippen molar-refractivity contribution in [3.63, 3.8) is 0 Å². The number of benzene rings is 1. The Labute approximate surface area is 152 Å². The lowest BCUT2D eigenvalue weighted by atomic mass is 9.80. The summed E-state index contributed by atoms with van der Waals surface area (Å²) in [6.45, 7) is 0. The average Bonchev–Trinajstić information content (AvgIpc) is 2.64. The first-order valence-electron chi connectivity index (χ1n) is 8.69. The third-order valence-electron chi connectivity index (χ3n) is 4.96. The van der Waals surface area contributed by atoms with E-state index in [-0.39, 0.29) is 0 Å². The van der Waals surface area contributed by atoms with Crippen molar-refractivity contribution in [3.8, 4) is 11.4 Å². The highest BCUT2D eigenvalue weighted by Gasteiger charge is 2.19. The highest BCUT2D eigenvalue weighted by atomic mass is 35.5. The maximum atomic E-state index is 13.3. The van der Waals surface area contributed by atoms with Gasteiger partial charge >= 0.3 is 0 Å². The van der Waals surface area contributed by atoms with Crippen molar-refractivity contribution in [1.82, 2.24) is 9.97 Å². The highest BCUT2D eigenvalue weighted by Crippen LogP contribution is 2.32. The van der Waals surface area contributed by atoms with Crippen LogP contribution < -0.4 is 0 Å². The van der Waals surface area contributed by atoms with E-state index < -0.39 is 11.6 Å². The fourth-order valence-electron chi connectivity index (χ4n) is 3.41. The zero-order valence-corrected chi connectivity index (χ0v) is 14.7. The normalized spacial score (nSPS) is 20.9. The number of halogens is 3. The first-order valence-corrected chi connectivity index (χ1v) is 9.12. The Morgan fingerprint density at radius 3 is 2.40 bits per heavy atom. The van der Waals surface area contributed by atoms with Gasteiger partial charge in [-0.25, -0.2) is 18.7 Å². The van der Waals surface area contributed by atoms with Crippen molar-refractivity contribution in [1.29, 1.82) is 0 Å². The van der Waals surface area contributed by atoms with E-state index in [1.165, 1.54) is 31.7 Å². The molecule has 1 aliphatic carbocycles. The minimum atomic E-state index is -0.884. The molecule has 0 radical (unpaired) electrons. The van der Waals surface area contributed by atoms with E-state index in [0.29, 0.717) is 17.3 Å². The number of aromatic nitrogens is 2. The Hall–Kier alpha value is -1.81. The zero-order chi connectivity index (χ0) is 17.6. The van der Waals surface area contributed by atoms with Crippen LogP contribution in [0, 0.1) is 23.5 Å². The van der Waals surface area contributed by atoms with Crippen LogP contribution in [0.4, 0.5) is 8.78 Å². The number of nitrogens with zero attached hydrogens (tertiary/aromatic N) is 2. The fourth-order valence-corrected chi connectivity index (χ4v) is 3.62. The van der Waals surface area contributed by atoms with Crippen LogP contribution in [0.5, 0.6) is 0 Å². The molecule has 1 aromatic heterocycles. The van der Waals surface area contributed by atoms with Crippen molar-refractivity contribution in [2.24, 2.45) is 11.8 Å². The predicted octanol–water partition coefficient (Wildman–Crippen LogP) is 5.91. The molecule has 25 heavy (non-hydrogen) atoms. The third kappa shape index (κ3) is 4.85.